The van der Waals surface area contributed by atoms with Crippen molar-refractivity contribution in [3.05, 3.63) is 0 Å². The standard InChI is InChI=1S/C17H34N2O/c1-4-19(12-16-6-5-9-20-16)11-15-10-14(13(2)3)7-8-17(15)18/h13-17H,4-12,18H2,1-3H3. The zero-order chi connectivity index (χ0) is 14.5. The molecule has 0 spiro atoms. The molecule has 2 fully saturated rings. The van der Waals surface area contributed by atoms with Gasteiger partial charge in [-0.3, -0.25) is 0 Å². The van der Waals surface area contributed by atoms with Crippen LogP contribution in [0, 0.1) is 17.8 Å². The molecule has 0 amide bonds. The van der Waals surface area contributed by atoms with E-state index in [1.54, 1.807) is 0 Å². The molecule has 1 aliphatic carbocycles. The van der Waals surface area contributed by atoms with Crippen LogP contribution in [0.4, 0.5) is 0 Å². The van der Waals surface area contributed by atoms with Crippen molar-refractivity contribution in [3.8, 4) is 0 Å². The molecule has 2 rings (SSSR count). The number of likely N-dealkylation sites (N-methyl/N-ethyl adjacent to an activating group) is 1. The molecule has 1 saturated heterocycles. The van der Waals surface area contributed by atoms with Gasteiger partial charge in [-0.05, 0) is 56.4 Å². The monoisotopic (exact) mass is 282 g/mol. The van der Waals surface area contributed by atoms with Crippen LogP contribution in [-0.2, 0) is 4.74 Å². The minimum atomic E-state index is 0.406. The Morgan fingerprint density at radius 1 is 1.20 bits per heavy atom. The molecule has 20 heavy (non-hydrogen) atoms. The molecule has 118 valence electrons. The van der Waals surface area contributed by atoms with Gasteiger partial charge in [-0.1, -0.05) is 20.8 Å². The highest BCUT2D eigenvalue weighted by molar-refractivity contribution is 4.86. The van der Waals surface area contributed by atoms with Crippen LogP contribution in [0.15, 0.2) is 0 Å². The first-order valence-corrected chi connectivity index (χ1v) is 8.69. The maximum Gasteiger partial charge on any atom is 0.0702 e. The number of hydrogen-bond acceptors (Lipinski definition) is 3. The third-order valence-electron chi connectivity index (χ3n) is 5.45. The third-order valence-corrected chi connectivity index (χ3v) is 5.45. The number of rotatable bonds is 6. The van der Waals surface area contributed by atoms with Crippen molar-refractivity contribution >= 4 is 0 Å². The maximum absolute atomic E-state index is 6.39. The molecule has 0 radical (unpaired) electrons. The third kappa shape index (κ3) is 4.44. The first-order chi connectivity index (χ1) is 9.60. The van der Waals surface area contributed by atoms with Gasteiger partial charge in [0.15, 0.2) is 0 Å². The fourth-order valence-corrected chi connectivity index (χ4v) is 3.88. The lowest BCUT2D eigenvalue weighted by Gasteiger charge is -2.39. The zero-order valence-electron chi connectivity index (χ0n) is 13.7. The van der Waals surface area contributed by atoms with Crippen LogP contribution in [0.25, 0.3) is 0 Å². The fraction of sp³-hybridized carbons (Fsp3) is 1.00. The van der Waals surface area contributed by atoms with Crippen LogP contribution in [0.1, 0.15) is 52.9 Å². The van der Waals surface area contributed by atoms with E-state index in [4.69, 9.17) is 10.5 Å². The van der Waals surface area contributed by atoms with Gasteiger partial charge in [0, 0.05) is 25.7 Å². The number of ether oxygens (including phenoxy) is 1. The topological polar surface area (TPSA) is 38.5 Å². The van der Waals surface area contributed by atoms with E-state index in [1.165, 1.54) is 38.6 Å². The minimum Gasteiger partial charge on any atom is -0.377 e. The van der Waals surface area contributed by atoms with Gasteiger partial charge in [0.2, 0.25) is 0 Å². The molecule has 4 unspecified atom stereocenters. The first kappa shape index (κ1) is 16.3. The summed E-state index contributed by atoms with van der Waals surface area (Å²) in [7, 11) is 0. The molecule has 0 bridgehead atoms. The van der Waals surface area contributed by atoms with Gasteiger partial charge in [0.1, 0.15) is 0 Å². The lowest BCUT2D eigenvalue weighted by Crippen LogP contribution is -2.45. The molecule has 3 heteroatoms. The summed E-state index contributed by atoms with van der Waals surface area (Å²) >= 11 is 0. The second-order valence-electron chi connectivity index (χ2n) is 7.23. The highest BCUT2D eigenvalue weighted by atomic mass is 16.5. The Bertz CT molecular complexity index is 276. The Balaban J connectivity index is 1.84. The summed E-state index contributed by atoms with van der Waals surface area (Å²) in [4.78, 5) is 2.57. The Kier molecular flexibility index (Phi) is 6.31. The van der Waals surface area contributed by atoms with Gasteiger partial charge >= 0.3 is 0 Å². The average Bonchev–Trinajstić information content (AvgIpc) is 2.92. The van der Waals surface area contributed by atoms with Gasteiger partial charge in [-0.2, -0.15) is 0 Å². The summed E-state index contributed by atoms with van der Waals surface area (Å²) < 4.78 is 5.79. The largest absolute Gasteiger partial charge is 0.377 e. The second kappa shape index (κ2) is 7.77. The Morgan fingerprint density at radius 2 is 2.00 bits per heavy atom. The molecule has 0 aromatic rings. The molecule has 0 aromatic carbocycles. The molecule has 3 nitrogen and oxygen atoms in total. The zero-order valence-corrected chi connectivity index (χ0v) is 13.7. The van der Waals surface area contributed by atoms with Crippen molar-refractivity contribution in [1.82, 2.24) is 4.90 Å². The highest BCUT2D eigenvalue weighted by Crippen LogP contribution is 2.33. The molecule has 2 N–H and O–H groups in total. The van der Waals surface area contributed by atoms with Gasteiger partial charge in [0.05, 0.1) is 6.10 Å². The molecule has 2 aliphatic rings. The lowest BCUT2D eigenvalue weighted by atomic mass is 9.73. The maximum atomic E-state index is 6.39. The number of nitrogens with zero attached hydrogens (tertiary/aromatic N) is 1. The Morgan fingerprint density at radius 3 is 2.60 bits per heavy atom. The Labute approximate surface area is 125 Å². The first-order valence-electron chi connectivity index (χ1n) is 8.69. The summed E-state index contributed by atoms with van der Waals surface area (Å²) in [5, 5.41) is 0. The second-order valence-corrected chi connectivity index (χ2v) is 7.23. The summed E-state index contributed by atoms with van der Waals surface area (Å²) in [5.74, 6) is 2.36. The van der Waals surface area contributed by atoms with Gasteiger partial charge in [0.25, 0.3) is 0 Å². The van der Waals surface area contributed by atoms with Crippen molar-refractivity contribution in [2.45, 2.75) is 65.0 Å². The van der Waals surface area contributed by atoms with E-state index in [0.29, 0.717) is 18.1 Å². The molecule has 0 aromatic heterocycles. The summed E-state index contributed by atoms with van der Waals surface area (Å²) in [6.45, 7) is 11.3. The van der Waals surface area contributed by atoms with Gasteiger partial charge in [-0.25, -0.2) is 0 Å². The van der Waals surface area contributed by atoms with Crippen LogP contribution in [-0.4, -0.2) is 43.3 Å². The fourth-order valence-electron chi connectivity index (χ4n) is 3.88. The molecule has 4 atom stereocenters. The molecular formula is C17H34N2O. The van der Waals surface area contributed by atoms with Crippen molar-refractivity contribution in [1.29, 1.82) is 0 Å². The lowest BCUT2D eigenvalue weighted by molar-refractivity contribution is 0.0598. The van der Waals surface area contributed by atoms with Crippen molar-refractivity contribution in [2.75, 3.05) is 26.2 Å². The van der Waals surface area contributed by atoms with E-state index in [0.717, 1.165) is 31.5 Å². The highest BCUT2D eigenvalue weighted by Gasteiger charge is 2.31. The smallest absolute Gasteiger partial charge is 0.0702 e. The van der Waals surface area contributed by atoms with Gasteiger partial charge in [-0.15, -0.1) is 0 Å². The van der Waals surface area contributed by atoms with Crippen molar-refractivity contribution in [3.63, 3.8) is 0 Å². The van der Waals surface area contributed by atoms with Crippen LogP contribution in [0.5, 0.6) is 0 Å². The predicted octanol–water partition coefficient (Wildman–Crippen LogP) is 2.89. The van der Waals surface area contributed by atoms with E-state index in [2.05, 4.69) is 25.7 Å². The van der Waals surface area contributed by atoms with Crippen molar-refractivity contribution in [2.24, 2.45) is 23.5 Å². The molecular weight excluding hydrogens is 248 g/mol. The van der Waals surface area contributed by atoms with E-state index >= 15 is 0 Å². The van der Waals surface area contributed by atoms with E-state index in [1.807, 2.05) is 0 Å². The SMILES string of the molecule is CCN(CC1CCCO1)CC1CC(C(C)C)CCC1N. The molecule has 1 aliphatic heterocycles. The number of nitrogens with two attached hydrogens (primary N) is 1. The predicted molar refractivity (Wildman–Crippen MR) is 84.7 cm³/mol. The normalized spacial score (nSPS) is 35.1. The average molecular weight is 282 g/mol. The Hall–Kier alpha value is -0.120. The van der Waals surface area contributed by atoms with Crippen LogP contribution >= 0.6 is 0 Å². The van der Waals surface area contributed by atoms with Crippen LogP contribution < -0.4 is 5.73 Å². The van der Waals surface area contributed by atoms with E-state index in [-0.39, 0.29) is 0 Å². The summed E-state index contributed by atoms with van der Waals surface area (Å²) in [5.41, 5.74) is 6.39. The summed E-state index contributed by atoms with van der Waals surface area (Å²) in [6, 6.07) is 0.406. The molecule has 1 heterocycles. The summed E-state index contributed by atoms with van der Waals surface area (Å²) in [6.07, 6.45) is 6.80. The van der Waals surface area contributed by atoms with Crippen LogP contribution in [0.2, 0.25) is 0 Å². The van der Waals surface area contributed by atoms with Crippen LogP contribution in [0.3, 0.4) is 0 Å². The van der Waals surface area contributed by atoms with Gasteiger partial charge < -0.3 is 15.4 Å². The van der Waals surface area contributed by atoms with Crippen molar-refractivity contribution < 1.29 is 4.74 Å². The quantitative estimate of drug-likeness (QED) is 0.814. The van der Waals surface area contributed by atoms with E-state index in [9.17, 15) is 0 Å². The number of hydrogen-bond donors (Lipinski definition) is 1. The minimum absolute atomic E-state index is 0.406. The molecule has 1 saturated carbocycles. The van der Waals surface area contributed by atoms with E-state index < -0.39 is 0 Å².